The first-order valence-corrected chi connectivity index (χ1v) is 15.6. The summed E-state index contributed by atoms with van der Waals surface area (Å²) < 4.78 is 56.2. The van der Waals surface area contributed by atoms with Crippen LogP contribution < -0.4 is 13.9 Å². The molecular weight excluding hydrogens is 578 g/mol. The summed E-state index contributed by atoms with van der Waals surface area (Å²) in [5.74, 6) is 0.612. The maximum absolute atomic E-state index is 7.50. The summed E-state index contributed by atoms with van der Waals surface area (Å²) in [6, 6.07) is 0. The summed E-state index contributed by atoms with van der Waals surface area (Å²) in [7, 11) is -5.61. The van der Waals surface area contributed by atoms with Crippen LogP contribution >= 0.6 is 0 Å². The second-order valence-electron chi connectivity index (χ2n) is 5.05. The van der Waals surface area contributed by atoms with Crippen molar-refractivity contribution < 1.29 is 62.1 Å². The zero-order valence-electron chi connectivity index (χ0n) is 16.8. The number of nitrogens with one attached hydrogen (secondary N) is 3. The van der Waals surface area contributed by atoms with Crippen molar-refractivity contribution in [2.75, 3.05) is 5.75 Å². The molecule has 0 amide bonds. The first-order valence-electron chi connectivity index (χ1n) is 6.84. The van der Waals surface area contributed by atoms with E-state index in [2.05, 4.69) is 86.6 Å². The third kappa shape index (κ3) is 23.2. The smallest absolute Gasteiger partial charge is 0 e. The molecule has 9 nitrogen and oxygen atoms in total. The summed E-state index contributed by atoms with van der Waals surface area (Å²) in [6.07, 6.45) is 0. The molecule has 31 heavy (non-hydrogen) atoms. The van der Waals surface area contributed by atoms with Crippen molar-refractivity contribution in [1.82, 2.24) is 13.9 Å². The largest absolute Gasteiger partial charge is 0 e. The van der Waals surface area contributed by atoms with Crippen LogP contribution in [0.5, 0.6) is 0 Å². The molecule has 3 atom stereocenters. The normalized spacial score (nSPS) is 24.5. The van der Waals surface area contributed by atoms with E-state index in [1.165, 1.54) is 0 Å². The van der Waals surface area contributed by atoms with Gasteiger partial charge in [-0.3, -0.25) is 0 Å². The Morgan fingerprint density at radius 3 is 1.10 bits per heavy atom. The van der Waals surface area contributed by atoms with Crippen LogP contribution in [-0.4, -0.2) is 35.8 Å². The Morgan fingerprint density at radius 2 is 0.935 bits per heavy atom. The van der Waals surface area contributed by atoms with Crippen molar-refractivity contribution in [3.63, 3.8) is 0 Å². The third-order valence-electron chi connectivity index (χ3n) is 3.17. The SMILES string of the molecule is C=C[Si]1(C)N[Si](C)(C=C)N[Si](C)(C([S-])C[S-])N1.[C-]#[O+].[C-]#[O+].[C-]#[O+].[C-]#[O+].[C-]#[O+].[C-]#[O+].[Fe].[Fe]. The Hall–Kier alpha value is 0.190. The fraction of sp³-hybridized carbons (Fsp3) is 0.333. The van der Waals surface area contributed by atoms with Gasteiger partial charge >= 0.3 is 67.8 Å². The predicted molar refractivity (Wildman–Crippen MR) is 112 cm³/mol. The van der Waals surface area contributed by atoms with Crippen LogP contribution in [0.4, 0.5) is 0 Å². The van der Waals surface area contributed by atoms with Gasteiger partial charge in [-0.25, -0.2) is 0 Å². The van der Waals surface area contributed by atoms with Gasteiger partial charge in [-0.05, 0) is 19.6 Å². The van der Waals surface area contributed by atoms with E-state index in [0.717, 1.165) is 0 Å². The number of hydrogen-bond donors (Lipinski definition) is 3. The van der Waals surface area contributed by atoms with E-state index < -0.39 is 25.2 Å². The zero-order chi connectivity index (χ0) is 25.3. The molecule has 0 aromatic carbocycles. The molecule has 1 fully saturated rings. The number of hydrogen-bond acceptors (Lipinski definition) is 5. The van der Waals surface area contributed by atoms with Crippen molar-refractivity contribution in [3.05, 3.63) is 64.5 Å². The molecular formula is C15H21Fe2N3O6S2Si3-2. The number of rotatable bonds is 4. The van der Waals surface area contributed by atoms with Gasteiger partial charge in [-0.2, -0.15) is 10.6 Å². The van der Waals surface area contributed by atoms with E-state index >= 15 is 0 Å². The van der Waals surface area contributed by atoms with Crippen LogP contribution in [0, 0.1) is 39.9 Å². The van der Waals surface area contributed by atoms with Crippen molar-refractivity contribution in [3.8, 4) is 0 Å². The maximum atomic E-state index is 7.50. The Morgan fingerprint density at radius 1 is 0.710 bits per heavy atom. The van der Waals surface area contributed by atoms with Gasteiger partial charge in [0, 0.05) is 34.1 Å². The Bertz CT molecular complexity index is 513. The van der Waals surface area contributed by atoms with Gasteiger partial charge in [0.05, 0.1) is 0 Å². The van der Waals surface area contributed by atoms with Gasteiger partial charge in [-0.1, -0.05) is 11.4 Å². The summed E-state index contributed by atoms with van der Waals surface area (Å²) >= 11 is 10.7. The van der Waals surface area contributed by atoms with Gasteiger partial charge in [0.15, 0.2) is 8.40 Å². The van der Waals surface area contributed by atoms with E-state index in [1.54, 1.807) is 0 Å². The average molecular weight is 599 g/mol. The van der Waals surface area contributed by atoms with Crippen LogP contribution in [0.3, 0.4) is 0 Å². The van der Waals surface area contributed by atoms with Crippen LogP contribution in [0.1, 0.15) is 0 Å². The van der Waals surface area contributed by atoms with E-state index in [0.29, 0.717) is 5.75 Å². The van der Waals surface area contributed by atoms with Crippen molar-refractivity contribution in [2.24, 2.45) is 0 Å². The summed E-state index contributed by atoms with van der Waals surface area (Å²) in [5.41, 5.74) is 4.08. The molecule has 0 aromatic heterocycles. The fourth-order valence-corrected chi connectivity index (χ4v) is 22.9. The maximum Gasteiger partial charge on any atom is 0 e. The zero-order valence-corrected chi connectivity index (χ0v) is 23.7. The minimum absolute atomic E-state index is 0. The van der Waals surface area contributed by atoms with Crippen molar-refractivity contribution in [2.45, 2.75) is 24.5 Å². The quantitative estimate of drug-likeness (QED) is 0.182. The molecule has 0 aliphatic carbocycles. The summed E-state index contributed by atoms with van der Waals surface area (Å²) in [4.78, 5) is 0.109. The molecule has 3 N–H and O–H groups in total. The van der Waals surface area contributed by atoms with E-state index in [9.17, 15) is 0 Å². The molecule has 0 bridgehead atoms. The third-order valence-corrected chi connectivity index (χ3v) is 21.2. The molecule has 0 saturated carbocycles. The topological polar surface area (TPSA) is 155 Å². The average Bonchev–Trinajstić information content (AvgIpc) is 2.80. The molecule has 174 valence electrons. The first kappa shape index (κ1) is 52.9. The molecule has 1 heterocycles. The molecule has 1 saturated heterocycles. The molecule has 1 aliphatic heterocycles. The second kappa shape index (κ2) is 34.8. The van der Waals surface area contributed by atoms with Crippen LogP contribution in [0.25, 0.3) is 0 Å². The van der Waals surface area contributed by atoms with Gasteiger partial charge in [-0.15, -0.1) is 13.2 Å². The second-order valence-corrected chi connectivity index (χ2v) is 18.1. The standard InChI is InChI=1S/C9H23N3S2Si3.6CO.2Fe/c1-6-15(3)10-16(4,7-2)12-17(5,11-15)9(14)8-13;6*1-2;;/h6-7,9-14H,1-2,8H2,3-5H3;;;;;;;;/p-2. The fourth-order valence-electron chi connectivity index (χ4n) is 2.24. The predicted octanol–water partition coefficient (Wildman–Crippen LogP) is 0.207. The molecule has 0 aromatic rings. The minimum Gasteiger partial charge on any atom is 0 e. The van der Waals surface area contributed by atoms with Gasteiger partial charge < -0.3 is 39.2 Å². The molecule has 16 heteroatoms. The molecule has 3 unspecified atom stereocenters. The van der Waals surface area contributed by atoms with Gasteiger partial charge in [0.25, 0.3) is 0 Å². The summed E-state index contributed by atoms with van der Waals surface area (Å²) in [6.45, 7) is 41.6. The Labute approximate surface area is 220 Å². The molecule has 1 rings (SSSR count). The van der Waals surface area contributed by atoms with E-state index in [-0.39, 0.29) is 39.0 Å². The minimum atomic E-state index is -1.92. The van der Waals surface area contributed by atoms with Gasteiger partial charge in [0.2, 0.25) is 16.8 Å². The van der Waals surface area contributed by atoms with E-state index in [4.69, 9.17) is 53.2 Å². The molecule has 0 radical (unpaired) electrons. The van der Waals surface area contributed by atoms with Crippen LogP contribution in [-0.2, 0) is 87.3 Å². The Kier molecular flexibility index (Phi) is 59.3. The monoisotopic (exact) mass is 599 g/mol. The van der Waals surface area contributed by atoms with Crippen LogP contribution in [0.15, 0.2) is 24.6 Å². The van der Waals surface area contributed by atoms with E-state index in [1.807, 2.05) is 11.4 Å². The van der Waals surface area contributed by atoms with Crippen LogP contribution in [0.2, 0.25) is 19.6 Å². The first-order chi connectivity index (χ1) is 13.7. The van der Waals surface area contributed by atoms with Gasteiger partial charge in [0.1, 0.15) is 0 Å². The summed E-state index contributed by atoms with van der Waals surface area (Å²) in [5, 5.41) is 0. The Balaban J connectivity index is -0.0000000545. The molecule has 0 spiro atoms. The van der Waals surface area contributed by atoms with Crippen molar-refractivity contribution in [1.29, 1.82) is 0 Å². The van der Waals surface area contributed by atoms with Crippen molar-refractivity contribution >= 4 is 50.4 Å². The molecule has 1 aliphatic rings.